The first-order chi connectivity index (χ1) is 9.60. The summed E-state index contributed by atoms with van der Waals surface area (Å²) in [5, 5.41) is 0.106. The molecule has 0 unspecified atom stereocenters. The van der Waals surface area contributed by atoms with Crippen LogP contribution in [0.1, 0.15) is 15.9 Å². The van der Waals surface area contributed by atoms with Crippen molar-refractivity contribution in [2.24, 2.45) is 0 Å². The van der Waals surface area contributed by atoms with E-state index in [1.54, 1.807) is 25.3 Å². The van der Waals surface area contributed by atoms with Gasteiger partial charge in [-0.1, -0.05) is 29.8 Å². The summed E-state index contributed by atoms with van der Waals surface area (Å²) in [6.45, 7) is 0. The first-order valence-electron chi connectivity index (χ1n) is 5.91. The molecule has 0 aliphatic heterocycles. The maximum Gasteiger partial charge on any atom is 0.187 e. The molecule has 0 spiro atoms. The summed E-state index contributed by atoms with van der Waals surface area (Å²) in [6.07, 6.45) is 3.07. The Labute approximate surface area is 121 Å². The van der Waals surface area contributed by atoms with E-state index in [1.807, 2.05) is 12.1 Å². The van der Waals surface area contributed by atoms with Crippen LogP contribution in [0.2, 0.25) is 5.02 Å². The molecule has 0 atom stereocenters. The Morgan fingerprint density at radius 2 is 1.90 bits per heavy atom. The Morgan fingerprint density at radius 1 is 1.20 bits per heavy atom. The molecule has 0 radical (unpaired) electrons. The van der Waals surface area contributed by atoms with Gasteiger partial charge in [0.2, 0.25) is 0 Å². The van der Waals surface area contributed by atoms with Gasteiger partial charge in [-0.2, -0.15) is 0 Å². The number of hydrogen-bond acceptors (Lipinski definition) is 2. The van der Waals surface area contributed by atoms with Crippen LogP contribution in [0.25, 0.3) is 6.08 Å². The van der Waals surface area contributed by atoms with Crippen LogP contribution in [0.4, 0.5) is 4.39 Å². The number of rotatable bonds is 4. The SMILES string of the molecule is COc1ccc(/C=C/C(=O)c2ccc(F)cc2Cl)cc1. The molecule has 2 aromatic rings. The number of hydrogen-bond donors (Lipinski definition) is 0. The maximum absolute atomic E-state index is 12.9. The van der Waals surface area contributed by atoms with Crippen molar-refractivity contribution >= 4 is 23.5 Å². The minimum absolute atomic E-state index is 0.106. The van der Waals surface area contributed by atoms with E-state index in [0.29, 0.717) is 0 Å². The second-order valence-electron chi connectivity index (χ2n) is 4.09. The van der Waals surface area contributed by atoms with Crippen molar-refractivity contribution in [3.05, 3.63) is 70.5 Å². The van der Waals surface area contributed by atoms with Gasteiger partial charge in [-0.3, -0.25) is 4.79 Å². The number of halogens is 2. The van der Waals surface area contributed by atoms with Crippen LogP contribution >= 0.6 is 11.6 Å². The van der Waals surface area contributed by atoms with Gasteiger partial charge in [0.05, 0.1) is 12.1 Å². The molecular weight excluding hydrogens is 279 g/mol. The lowest BCUT2D eigenvalue weighted by Crippen LogP contribution is -1.95. The molecule has 0 aromatic heterocycles. The zero-order valence-corrected chi connectivity index (χ0v) is 11.5. The molecule has 0 aliphatic rings. The molecule has 0 saturated heterocycles. The van der Waals surface area contributed by atoms with E-state index < -0.39 is 5.82 Å². The third-order valence-electron chi connectivity index (χ3n) is 2.74. The van der Waals surface area contributed by atoms with Crippen LogP contribution in [-0.2, 0) is 0 Å². The standard InChI is InChI=1S/C16H12ClFO2/c1-20-13-6-2-11(3-7-13)4-9-16(19)14-8-5-12(18)10-15(14)17/h2-10H,1H3/b9-4+. The molecule has 0 heterocycles. The van der Waals surface area contributed by atoms with Crippen LogP contribution in [-0.4, -0.2) is 12.9 Å². The summed E-state index contributed by atoms with van der Waals surface area (Å²) >= 11 is 5.83. The molecule has 0 aliphatic carbocycles. The number of carbonyl (C=O) groups is 1. The van der Waals surface area contributed by atoms with Crippen LogP contribution in [0.5, 0.6) is 5.75 Å². The van der Waals surface area contributed by atoms with Crippen molar-refractivity contribution in [2.75, 3.05) is 7.11 Å². The molecule has 2 aromatic carbocycles. The molecule has 2 rings (SSSR count). The minimum Gasteiger partial charge on any atom is -0.497 e. The Morgan fingerprint density at radius 3 is 2.50 bits per heavy atom. The first kappa shape index (κ1) is 14.3. The zero-order valence-electron chi connectivity index (χ0n) is 10.8. The Hall–Kier alpha value is -2.13. The van der Waals surface area contributed by atoms with Crippen molar-refractivity contribution in [3.8, 4) is 5.75 Å². The molecule has 0 amide bonds. The fourth-order valence-corrected chi connectivity index (χ4v) is 1.93. The average Bonchev–Trinajstić information content (AvgIpc) is 2.45. The average molecular weight is 291 g/mol. The smallest absolute Gasteiger partial charge is 0.187 e. The Balaban J connectivity index is 2.15. The topological polar surface area (TPSA) is 26.3 Å². The molecule has 0 fully saturated rings. The predicted molar refractivity (Wildman–Crippen MR) is 77.8 cm³/mol. The second kappa shape index (κ2) is 6.35. The van der Waals surface area contributed by atoms with Crippen molar-refractivity contribution in [3.63, 3.8) is 0 Å². The van der Waals surface area contributed by atoms with Crippen molar-refractivity contribution in [2.45, 2.75) is 0 Å². The van der Waals surface area contributed by atoms with Gasteiger partial charge >= 0.3 is 0 Å². The summed E-state index contributed by atoms with van der Waals surface area (Å²) in [5.74, 6) is 0.00607. The highest BCUT2D eigenvalue weighted by molar-refractivity contribution is 6.34. The van der Waals surface area contributed by atoms with Gasteiger partial charge in [-0.05, 0) is 42.0 Å². The van der Waals surface area contributed by atoms with Gasteiger partial charge in [0, 0.05) is 5.56 Å². The van der Waals surface area contributed by atoms with E-state index in [1.165, 1.54) is 18.2 Å². The lowest BCUT2D eigenvalue weighted by Gasteiger charge is -2.00. The second-order valence-corrected chi connectivity index (χ2v) is 4.50. The van der Waals surface area contributed by atoms with Gasteiger partial charge in [0.1, 0.15) is 11.6 Å². The van der Waals surface area contributed by atoms with E-state index in [9.17, 15) is 9.18 Å². The molecule has 0 N–H and O–H groups in total. The minimum atomic E-state index is -0.467. The number of allylic oxidation sites excluding steroid dienone is 1. The highest BCUT2D eigenvalue weighted by Crippen LogP contribution is 2.19. The number of carbonyl (C=O) groups excluding carboxylic acids is 1. The quantitative estimate of drug-likeness (QED) is 0.617. The number of methoxy groups -OCH3 is 1. The van der Waals surface area contributed by atoms with E-state index in [4.69, 9.17) is 16.3 Å². The van der Waals surface area contributed by atoms with E-state index in [2.05, 4.69) is 0 Å². The lowest BCUT2D eigenvalue weighted by atomic mass is 10.1. The zero-order chi connectivity index (χ0) is 14.5. The summed E-state index contributed by atoms with van der Waals surface area (Å²) in [6, 6.07) is 11.0. The van der Waals surface area contributed by atoms with Gasteiger partial charge in [-0.25, -0.2) is 4.39 Å². The molecule has 4 heteroatoms. The molecule has 102 valence electrons. The van der Waals surface area contributed by atoms with Gasteiger partial charge < -0.3 is 4.74 Å². The Kier molecular flexibility index (Phi) is 4.53. The van der Waals surface area contributed by atoms with Crippen LogP contribution < -0.4 is 4.74 Å². The molecule has 20 heavy (non-hydrogen) atoms. The van der Waals surface area contributed by atoms with E-state index >= 15 is 0 Å². The fourth-order valence-electron chi connectivity index (χ4n) is 1.67. The van der Waals surface area contributed by atoms with Gasteiger partial charge in [-0.15, -0.1) is 0 Å². The predicted octanol–water partition coefficient (Wildman–Crippen LogP) is 4.38. The third-order valence-corrected chi connectivity index (χ3v) is 3.05. The van der Waals surface area contributed by atoms with Gasteiger partial charge in [0.15, 0.2) is 5.78 Å². The van der Waals surface area contributed by atoms with Gasteiger partial charge in [0.25, 0.3) is 0 Å². The third kappa shape index (κ3) is 3.45. The number of ketones is 1. The summed E-state index contributed by atoms with van der Waals surface area (Å²) in [5.41, 5.74) is 1.13. The molecular formula is C16H12ClFO2. The number of ether oxygens (including phenoxy) is 1. The molecule has 0 bridgehead atoms. The summed E-state index contributed by atoms with van der Waals surface area (Å²) < 4.78 is 18.0. The van der Waals surface area contributed by atoms with E-state index in [-0.39, 0.29) is 16.4 Å². The number of benzene rings is 2. The van der Waals surface area contributed by atoms with E-state index in [0.717, 1.165) is 17.4 Å². The highest BCUT2D eigenvalue weighted by atomic mass is 35.5. The maximum atomic E-state index is 12.9. The molecule has 0 saturated carbocycles. The largest absolute Gasteiger partial charge is 0.497 e. The monoisotopic (exact) mass is 290 g/mol. The van der Waals surface area contributed by atoms with Crippen LogP contribution in [0.15, 0.2) is 48.5 Å². The lowest BCUT2D eigenvalue weighted by molar-refractivity contribution is 0.104. The highest BCUT2D eigenvalue weighted by Gasteiger charge is 2.08. The molecule has 2 nitrogen and oxygen atoms in total. The summed E-state index contributed by atoms with van der Waals surface area (Å²) in [7, 11) is 1.59. The normalized spacial score (nSPS) is 10.8. The van der Waals surface area contributed by atoms with Crippen LogP contribution in [0.3, 0.4) is 0 Å². The van der Waals surface area contributed by atoms with Crippen molar-refractivity contribution in [1.82, 2.24) is 0 Å². The van der Waals surface area contributed by atoms with Crippen molar-refractivity contribution in [1.29, 1.82) is 0 Å². The summed E-state index contributed by atoms with van der Waals surface area (Å²) in [4.78, 5) is 12.0. The Bertz CT molecular complexity index is 648. The fraction of sp³-hybridized carbons (Fsp3) is 0.0625. The van der Waals surface area contributed by atoms with Crippen LogP contribution in [0, 0.1) is 5.82 Å². The first-order valence-corrected chi connectivity index (χ1v) is 6.29. The van der Waals surface area contributed by atoms with Crippen molar-refractivity contribution < 1.29 is 13.9 Å².